The number of aryl methyl sites for hydroxylation is 1. The molecule has 0 aliphatic carbocycles. The van der Waals surface area contributed by atoms with Crippen molar-refractivity contribution in [2.75, 3.05) is 18.4 Å². The molecule has 4 rings (SSSR count). The molecule has 1 aliphatic heterocycles. The van der Waals surface area contributed by atoms with Crippen LogP contribution in [0.1, 0.15) is 30.0 Å². The van der Waals surface area contributed by atoms with Gasteiger partial charge in [-0.15, -0.1) is 0 Å². The molecule has 1 fully saturated rings. The topological polar surface area (TPSA) is 62.7 Å². The lowest BCUT2D eigenvalue weighted by Gasteiger charge is -2.23. The molecule has 5 nitrogen and oxygen atoms in total. The van der Waals surface area contributed by atoms with E-state index in [1.807, 2.05) is 48.7 Å². The van der Waals surface area contributed by atoms with Crippen molar-refractivity contribution in [3.05, 3.63) is 66.0 Å². The normalized spacial score (nSPS) is 17.0. The highest BCUT2D eigenvalue weighted by molar-refractivity contribution is 5.60. The smallest absolute Gasteiger partial charge is 0.161 e. The van der Waals surface area contributed by atoms with E-state index in [0.717, 1.165) is 53.8 Å². The SMILES string of the molecule is Cc1ccnc(Nc2cc(C3CCCNC3)nc(-c3ccccc3)n2)c1. The second-order valence-electron chi connectivity index (χ2n) is 6.75. The number of benzene rings is 1. The number of hydrogen-bond acceptors (Lipinski definition) is 5. The molecule has 132 valence electrons. The van der Waals surface area contributed by atoms with Gasteiger partial charge in [0.2, 0.25) is 0 Å². The Labute approximate surface area is 153 Å². The van der Waals surface area contributed by atoms with E-state index in [9.17, 15) is 0 Å². The fraction of sp³-hybridized carbons (Fsp3) is 0.286. The number of pyridine rings is 1. The maximum absolute atomic E-state index is 4.87. The number of nitrogens with one attached hydrogen (secondary N) is 2. The molecular weight excluding hydrogens is 322 g/mol. The quantitative estimate of drug-likeness (QED) is 0.747. The lowest BCUT2D eigenvalue weighted by atomic mass is 9.95. The van der Waals surface area contributed by atoms with Gasteiger partial charge in [0.25, 0.3) is 0 Å². The fourth-order valence-electron chi connectivity index (χ4n) is 3.30. The van der Waals surface area contributed by atoms with Crippen molar-refractivity contribution in [3.63, 3.8) is 0 Å². The number of nitrogens with zero attached hydrogens (tertiary/aromatic N) is 3. The standard InChI is InChI=1S/C21H23N5/c1-15-9-11-23-19(12-15)25-20-13-18(17-8-5-10-22-14-17)24-21(26-20)16-6-3-2-4-7-16/h2-4,6-7,9,11-13,17,22H,5,8,10,14H2,1H3,(H,23,24,25,26). The van der Waals surface area contributed by atoms with E-state index in [1.54, 1.807) is 0 Å². The maximum Gasteiger partial charge on any atom is 0.161 e. The minimum atomic E-state index is 0.417. The average molecular weight is 345 g/mol. The third-order valence-corrected chi connectivity index (χ3v) is 4.66. The van der Waals surface area contributed by atoms with Crippen LogP contribution in [0.4, 0.5) is 11.6 Å². The summed E-state index contributed by atoms with van der Waals surface area (Å²) < 4.78 is 0. The maximum atomic E-state index is 4.87. The summed E-state index contributed by atoms with van der Waals surface area (Å²) in [5.41, 5.74) is 3.27. The second-order valence-corrected chi connectivity index (χ2v) is 6.75. The van der Waals surface area contributed by atoms with Crippen LogP contribution in [0.3, 0.4) is 0 Å². The van der Waals surface area contributed by atoms with Gasteiger partial charge in [0, 0.05) is 30.3 Å². The van der Waals surface area contributed by atoms with Crippen molar-refractivity contribution < 1.29 is 0 Å². The van der Waals surface area contributed by atoms with Crippen molar-refractivity contribution in [1.29, 1.82) is 0 Å². The Balaban J connectivity index is 1.72. The van der Waals surface area contributed by atoms with Crippen LogP contribution < -0.4 is 10.6 Å². The van der Waals surface area contributed by atoms with Crippen LogP contribution in [-0.4, -0.2) is 28.0 Å². The zero-order valence-corrected chi connectivity index (χ0v) is 14.9. The van der Waals surface area contributed by atoms with E-state index >= 15 is 0 Å². The van der Waals surface area contributed by atoms with Crippen LogP contribution in [0.2, 0.25) is 0 Å². The first-order chi connectivity index (χ1) is 12.8. The minimum absolute atomic E-state index is 0.417. The molecular formula is C21H23N5. The number of hydrogen-bond donors (Lipinski definition) is 2. The van der Waals surface area contributed by atoms with Crippen LogP contribution in [-0.2, 0) is 0 Å². The number of piperidine rings is 1. The summed E-state index contributed by atoms with van der Waals surface area (Å²) in [6.45, 7) is 4.11. The molecule has 1 aromatic carbocycles. The van der Waals surface area contributed by atoms with Gasteiger partial charge < -0.3 is 10.6 Å². The van der Waals surface area contributed by atoms with Crippen molar-refractivity contribution in [3.8, 4) is 11.4 Å². The first-order valence-corrected chi connectivity index (χ1v) is 9.13. The Morgan fingerprint density at radius 2 is 1.92 bits per heavy atom. The Hall–Kier alpha value is -2.79. The molecule has 3 aromatic rings. The van der Waals surface area contributed by atoms with Gasteiger partial charge in [0.1, 0.15) is 11.6 Å². The average Bonchev–Trinajstić information content (AvgIpc) is 2.69. The van der Waals surface area contributed by atoms with Gasteiger partial charge in [-0.2, -0.15) is 0 Å². The van der Waals surface area contributed by atoms with Gasteiger partial charge >= 0.3 is 0 Å². The van der Waals surface area contributed by atoms with E-state index < -0.39 is 0 Å². The number of rotatable bonds is 4. The van der Waals surface area contributed by atoms with Gasteiger partial charge in [-0.25, -0.2) is 15.0 Å². The van der Waals surface area contributed by atoms with Crippen molar-refractivity contribution in [2.45, 2.75) is 25.7 Å². The summed E-state index contributed by atoms with van der Waals surface area (Å²) in [7, 11) is 0. The zero-order valence-electron chi connectivity index (χ0n) is 14.9. The Bertz CT molecular complexity index is 873. The molecule has 0 radical (unpaired) electrons. The molecule has 3 heterocycles. The third kappa shape index (κ3) is 3.89. The molecule has 2 aromatic heterocycles. The Kier molecular flexibility index (Phi) is 4.88. The van der Waals surface area contributed by atoms with Crippen LogP contribution in [0.15, 0.2) is 54.7 Å². The molecule has 1 unspecified atom stereocenters. The molecule has 0 amide bonds. The zero-order chi connectivity index (χ0) is 17.8. The van der Waals surface area contributed by atoms with Gasteiger partial charge in [-0.3, -0.25) is 0 Å². The van der Waals surface area contributed by atoms with E-state index in [4.69, 9.17) is 9.97 Å². The monoisotopic (exact) mass is 345 g/mol. The highest BCUT2D eigenvalue weighted by Gasteiger charge is 2.19. The highest BCUT2D eigenvalue weighted by Crippen LogP contribution is 2.27. The lowest BCUT2D eigenvalue weighted by Crippen LogP contribution is -2.29. The van der Waals surface area contributed by atoms with Crippen molar-refractivity contribution in [1.82, 2.24) is 20.3 Å². The third-order valence-electron chi connectivity index (χ3n) is 4.66. The number of anilines is 2. The van der Waals surface area contributed by atoms with E-state index in [1.165, 1.54) is 6.42 Å². The molecule has 1 aliphatic rings. The molecule has 1 atom stereocenters. The van der Waals surface area contributed by atoms with E-state index in [2.05, 4.69) is 28.6 Å². The highest BCUT2D eigenvalue weighted by atomic mass is 15.1. The molecule has 5 heteroatoms. The molecule has 26 heavy (non-hydrogen) atoms. The minimum Gasteiger partial charge on any atom is -0.325 e. The summed E-state index contributed by atoms with van der Waals surface area (Å²) in [5.74, 6) is 2.76. The van der Waals surface area contributed by atoms with Crippen LogP contribution >= 0.6 is 0 Å². The molecule has 0 spiro atoms. The Morgan fingerprint density at radius 3 is 2.69 bits per heavy atom. The molecule has 1 saturated heterocycles. The summed E-state index contributed by atoms with van der Waals surface area (Å²) in [6, 6.07) is 16.2. The first kappa shape index (κ1) is 16.7. The van der Waals surface area contributed by atoms with Crippen molar-refractivity contribution >= 4 is 11.6 Å². The van der Waals surface area contributed by atoms with Crippen LogP contribution in [0, 0.1) is 6.92 Å². The van der Waals surface area contributed by atoms with Crippen LogP contribution in [0.5, 0.6) is 0 Å². The summed E-state index contributed by atoms with van der Waals surface area (Å²) in [6.07, 6.45) is 4.14. The summed E-state index contributed by atoms with van der Waals surface area (Å²) >= 11 is 0. The van der Waals surface area contributed by atoms with Gasteiger partial charge in [0.15, 0.2) is 5.82 Å². The Morgan fingerprint density at radius 1 is 1.04 bits per heavy atom. The molecule has 0 saturated carbocycles. The summed E-state index contributed by atoms with van der Waals surface area (Å²) in [4.78, 5) is 14.0. The van der Waals surface area contributed by atoms with Gasteiger partial charge in [0.05, 0.1) is 5.69 Å². The van der Waals surface area contributed by atoms with Gasteiger partial charge in [-0.05, 0) is 44.0 Å². The van der Waals surface area contributed by atoms with Gasteiger partial charge in [-0.1, -0.05) is 30.3 Å². The fourth-order valence-corrected chi connectivity index (χ4v) is 3.30. The lowest BCUT2D eigenvalue weighted by molar-refractivity contribution is 0.454. The number of aromatic nitrogens is 3. The van der Waals surface area contributed by atoms with Crippen LogP contribution in [0.25, 0.3) is 11.4 Å². The summed E-state index contributed by atoms with van der Waals surface area (Å²) in [5, 5.41) is 6.83. The molecule has 2 N–H and O–H groups in total. The van der Waals surface area contributed by atoms with E-state index in [0.29, 0.717) is 5.92 Å². The largest absolute Gasteiger partial charge is 0.325 e. The first-order valence-electron chi connectivity index (χ1n) is 9.13. The predicted octanol–water partition coefficient (Wildman–Crippen LogP) is 4.06. The van der Waals surface area contributed by atoms with E-state index in [-0.39, 0.29) is 0 Å². The predicted molar refractivity (Wildman–Crippen MR) is 105 cm³/mol. The van der Waals surface area contributed by atoms with Crippen molar-refractivity contribution in [2.24, 2.45) is 0 Å². The second kappa shape index (κ2) is 7.62. The molecule has 0 bridgehead atoms.